The highest BCUT2D eigenvalue weighted by Crippen LogP contribution is 2.28. The van der Waals surface area contributed by atoms with E-state index in [4.69, 9.17) is 10.5 Å². The Morgan fingerprint density at radius 1 is 1.10 bits per heavy atom. The van der Waals surface area contributed by atoms with Gasteiger partial charge < -0.3 is 10.5 Å². The van der Waals surface area contributed by atoms with E-state index in [1.807, 2.05) is 42.5 Å². The molecule has 0 atom stereocenters. The van der Waals surface area contributed by atoms with E-state index < -0.39 is 0 Å². The smallest absolute Gasteiger partial charge is 0.142 e. The van der Waals surface area contributed by atoms with E-state index in [2.05, 4.69) is 15.6 Å². The number of benzene rings is 2. The minimum absolute atomic E-state index is 0.568. The fourth-order valence-electron chi connectivity index (χ4n) is 2.46. The Kier molecular flexibility index (Phi) is 3.39. The Bertz CT molecular complexity index is 733. The van der Waals surface area contributed by atoms with Crippen LogP contribution in [0.2, 0.25) is 0 Å². The van der Waals surface area contributed by atoms with E-state index >= 15 is 0 Å². The molecule has 3 aromatic rings. The monoisotopic (exact) mass is 267 g/mol. The normalized spacial score (nSPS) is 10.9. The minimum Gasteiger partial charge on any atom is -0.495 e. The summed E-state index contributed by atoms with van der Waals surface area (Å²) in [5.74, 6) is 1.78. The van der Waals surface area contributed by atoms with Crippen LogP contribution in [0.15, 0.2) is 48.5 Å². The first-order valence-electron chi connectivity index (χ1n) is 6.65. The van der Waals surface area contributed by atoms with E-state index in [0.717, 1.165) is 34.7 Å². The van der Waals surface area contributed by atoms with Gasteiger partial charge in [-0.25, -0.2) is 4.98 Å². The summed E-state index contributed by atoms with van der Waals surface area (Å²) in [6, 6.07) is 16.0. The first-order chi connectivity index (χ1) is 9.85. The van der Waals surface area contributed by atoms with Crippen LogP contribution in [-0.4, -0.2) is 23.2 Å². The number of nitrogens with zero attached hydrogens (tertiary/aromatic N) is 2. The van der Waals surface area contributed by atoms with Crippen LogP contribution in [0.4, 0.5) is 0 Å². The van der Waals surface area contributed by atoms with Gasteiger partial charge in [0, 0.05) is 6.42 Å². The summed E-state index contributed by atoms with van der Waals surface area (Å²) in [4.78, 5) is 4.68. The molecular formula is C16H17N3O. The average Bonchev–Trinajstić information content (AvgIpc) is 2.85. The first kappa shape index (κ1) is 12.7. The van der Waals surface area contributed by atoms with Crippen LogP contribution in [0.5, 0.6) is 5.75 Å². The van der Waals surface area contributed by atoms with Crippen molar-refractivity contribution in [3.63, 3.8) is 0 Å². The molecule has 4 nitrogen and oxygen atoms in total. The number of fused-ring (bicyclic) bond motifs is 1. The molecular weight excluding hydrogens is 250 g/mol. The molecule has 2 N–H and O–H groups in total. The van der Waals surface area contributed by atoms with Crippen molar-refractivity contribution in [3.8, 4) is 11.4 Å². The van der Waals surface area contributed by atoms with Crippen molar-refractivity contribution in [2.45, 2.75) is 6.42 Å². The highest BCUT2D eigenvalue weighted by Gasteiger charge is 2.14. The van der Waals surface area contributed by atoms with Crippen LogP contribution < -0.4 is 10.5 Å². The lowest BCUT2D eigenvalue weighted by atomic mass is 10.2. The number of rotatable bonds is 4. The number of nitrogens with two attached hydrogens (primary N) is 1. The van der Waals surface area contributed by atoms with Crippen LogP contribution in [-0.2, 0) is 6.42 Å². The molecule has 0 saturated carbocycles. The van der Waals surface area contributed by atoms with Gasteiger partial charge in [0.15, 0.2) is 0 Å². The average molecular weight is 267 g/mol. The van der Waals surface area contributed by atoms with Crippen molar-refractivity contribution in [1.82, 2.24) is 9.55 Å². The third kappa shape index (κ3) is 2.04. The Morgan fingerprint density at radius 3 is 2.65 bits per heavy atom. The molecule has 0 aliphatic rings. The van der Waals surface area contributed by atoms with Gasteiger partial charge in [0.2, 0.25) is 0 Å². The largest absolute Gasteiger partial charge is 0.495 e. The van der Waals surface area contributed by atoms with Crippen molar-refractivity contribution in [2.75, 3.05) is 13.7 Å². The molecule has 0 unspecified atom stereocenters. The first-order valence-corrected chi connectivity index (χ1v) is 6.65. The number of ether oxygens (including phenoxy) is 1. The van der Waals surface area contributed by atoms with Crippen molar-refractivity contribution < 1.29 is 4.74 Å². The summed E-state index contributed by atoms with van der Waals surface area (Å²) < 4.78 is 7.60. The number of hydrogen-bond acceptors (Lipinski definition) is 3. The Balaban J connectivity index is 2.30. The quantitative estimate of drug-likeness (QED) is 0.790. The molecule has 3 rings (SSSR count). The fraction of sp³-hybridized carbons (Fsp3) is 0.188. The highest BCUT2D eigenvalue weighted by atomic mass is 16.5. The molecule has 20 heavy (non-hydrogen) atoms. The maximum Gasteiger partial charge on any atom is 0.142 e. The second-order valence-electron chi connectivity index (χ2n) is 4.56. The summed E-state index contributed by atoms with van der Waals surface area (Å²) in [5.41, 5.74) is 8.75. The predicted octanol–water partition coefficient (Wildman–Crippen LogP) is 2.54. The third-order valence-corrected chi connectivity index (χ3v) is 3.32. The minimum atomic E-state index is 0.568. The van der Waals surface area contributed by atoms with Crippen LogP contribution in [0, 0.1) is 0 Å². The van der Waals surface area contributed by atoms with Gasteiger partial charge in [-0.3, -0.25) is 4.57 Å². The van der Waals surface area contributed by atoms with E-state index in [0.29, 0.717) is 6.54 Å². The number of imidazole rings is 1. The lowest BCUT2D eigenvalue weighted by Crippen LogP contribution is -2.09. The molecule has 0 saturated heterocycles. The summed E-state index contributed by atoms with van der Waals surface area (Å²) in [7, 11) is 1.68. The molecule has 0 fully saturated rings. The summed E-state index contributed by atoms with van der Waals surface area (Å²) >= 11 is 0. The zero-order valence-corrected chi connectivity index (χ0v) is 11.4. The highest BCUT2D eigenvalue weighted by molar-refractivity contribution is 5.79. The van der Waals surface area contributed by atoms with Gasteiger partial charge in [0.25, 0.3) is 0 Å². The molecule has 0 aliphatic carbocycles. The second-order valence-corrected chi connectivity index (χ2v) is 4.56. The predicted molar refractivity (Wildman–Crippen MR) is 80.4 cm³/mol. The Morgan fingerprint density at radius 2 is 1.85 bits per heavy atom. The molecule has 0 amide bonds. The zero-order chi connectivity index (χ0) is 13.9. The molecule has 102 valence electrons. The zero-order valence-electron chi connectivity index (χ0n) is 11.4. The van der Waals surface area contributed by atoms with Gasteiger partial charge in [-0.05, 0) is 30.8 Å². The van der Waals surface area contributed by atoms with E-state index in [-0.39, 0.29) is 0 Å². The molecule has 0 spiro atoms. The summed E-state index contributed by atoms with van der Waals surface area (Å²) in [5, 5.41) is 0. The van der Waals surface area contributed by atoms with Gasteiger partial charge in [-0.2, -0.15) is 0 Å². The topological polar surface area (TPSA) is 53.1 Å². The van der Waals surface area contributed by atoms with Gasteiger partial charge >= 0.3 is 0 Å². The van der Waals surface area contributed by atoms with Crippen molar-refractivity contribution in [2.24, 2.45) is 5.73 Å². The summed E-state index contributed by atoms with van der Waals surface area (Å²) in [6.07, 6.45) is 0.729. The molecule has 0 bridgehead atoms. The standard InChI is InChI=1S/C16H17N3O/c1-20-15-9-5-4-8-14(15)19-13-7-3-2-6-12(13)18-16(19)10-11-17/h2-9H,10-11,17H2,1H3. The van der Waals surface area contributed by atoms with Crippen LogP contribution in [0.25, 0.3) is 16.7 Å². The van der Waals surface area contributed by atoms with E-state index in [1.54, 1.807) is 7.11 Å². The number of para-hydroxylation sites is 4. The molecule has 4 heteroatoms. The maximum atomic E-state index is 5.72. The van der Waals surface area contributed by atoms with Crippen molar-refractivity contribution >= 4 is 11.0 Å². The van der Waals surface area contributed by atoms with Gasteiger partial charge in [0.05, 0.1) is 23.8 Å². The fourth-order valence-corrected chi connectivity index (χ4v) is 2.46. The molecule has 1 heterocycles. The van der Waals surface area contributed by atoms with Crippen molar-refractivity contribution in [3.05, 3.63) is 54.4 Å². The van der Waals surface area contributed by atoms with Crippen LogP contribution in [0.1, 0.15) is 5.82 Å². The second kappa shape index (κ2) is 5.35. The molecule has 2 aromatic carbocycles. The van der Waals surface area contributed by atoms with Gasteiger partial charge in [-0.1, -0.05) is 24.3 Å². The molecule has 0 aliphatic heterocycles. The number of hydrogen-bond donors (Lipinski definition) is 1. The van der Waals surface area contributed by atoms with Crippen LogP contribution >= 0.6 is 0 Å². The number of aromatic nitrogens is 2. The number of methoxy groups -OCH3 is 1. The Labute approximate surface area is 117 Å². The van der Waals surface area contributed by atoms with E-state index in [1.165, 1.54) is 0 Å². The van der Waals surface area contributed by atoms with Gasteiger partial charge in [-0.15, -0.1) is 0 Å². The summed E-state index contributed by atoms with van der Waals surface area (Å²) in [6.45, 7) is 0.568. The molecule has 1 aromatic heterocycles. The Hall–Kier alpha value is -2.33. The van der Waals surface area contributed by atoms with Gasteiger partial charge in [0.1, 0.15) is 11.6 Å². The molecule has 0 radical (unpaired) electrons. The SMILES string of the molecule is COc1ccccc1-n1c(CCN)nc2ccccc21. The third-order valence-electron chi connectivity index (χ3n) is 3.32. The lowest BCUT2D eigenvalue weighted by Gasteiger charge is -2.12. The maximum absolute atomic E-state index is 5.72. The lowest BCUT2D eigenvalue weighted by molar-refractivity contribution is 0.413. The van der Waals surface area contributed by atoms with E-state index in [9.17, 15) is 0 Å². The van der Waals surface area contributed by atoms with Crippen LogP contribution in [0.3, 0.4) is 0 Å². The van der Waals surface area contributed by atoms with Crippen molar-refractivity contribution in [1.29, 1.82) is 0 Å².